The molecule has 3 aromatic heterocycles. The third-order valence-electron chi connectivity index (χ3n) is 6.35. The van der Waals surface area contributed by atoms with Crippen LogP contribution in [0, 0.1) is 0 Å². The van der Waals surface area contributed by atoms with E-state index in [1.807, 2.05) is 0 Å². The number of carbonyl (C=O) groups excluding carboxylic acids is 3. The summed E-state index contributed by atoms with van der Waals surface area (Å²) in [7, 11) is 0. The van der Waals surface area contributed by atoms with E-state index < -0.39 is 53.0 Å². The number of aromatic nitrogens is 3. The van der Waals surface area contributed by atoms with Gasteiger partial charge < -0.3 is 30.8 Å². The van der Waals surface area contributed by atoms with Crippen molar-refractivity contribution in [3.8, 4) is 0 Å². The van der Waals surface area contributed by atoms with E-state index in [9.17, 15) is 29.1 Å². The minimum atomic E-state index is -1.37. The van der Waals surface area contributed by atoms with Gasteiger partial charge in [0.15, 0.2) is 10.8 Å². The van der Waals surface area contributed by atoms with Crippen molar-refractivity contribution in [3.05, 3.63) is 45.9 Å². The number of rotatable bonds is 11. The second kappa shape index (κ2) is 12.0. The number of carboxylic acids is 2. The second-order valence-corrected chi connectivity index (χ2v) is 12.1. The van der Waals surface area contributed by atoms with Crippen molar-refractivity contribution in [2.24, 2.45) is 5.16 Å². The third-order valence-corrected chi connectivity index (χ3v) is 9.25. The highest BCUT2D eigenvalue weighted by Crippen LogP contribution is 2.40. The van der Waals surface area contributed by atoms with Crippen LogP contribution in [-0.4, -0.2) is 89.8 Å². The Morgan fingerprint density at radius 1 is 1.28 bits per heavy atom. The van der Waals surface area contributed by atoms with E-state index in [0.717, 1.165) is 21.1 Å². The van der Waals surface area contributed by atoms with Crippen molar-refractivity contribution in [1.82, 2.24) is 19.6 Å². The molecule has 0 radical (unpaired) electrons. The van der Waals surface area contributed by atoms with E-state index in [0.29, 0.717) is 11.3 Å². The van der Waals surface area contributed by atoms with Gasteiger partial charge in [-0.25, -0.2) is 23.9 Å². The van der Waals surface area contributed by atoms with E-state index in [1.54, 1.807) is 33.8 Å². The third kappa shape index (κ3) is 5.77. The van der Waals surface area contributed by atoms with Crippen molar-refractivity contribution >= 4 is 79.8 Å². The number of esters is 1. The molecule has 43 heavy (non-hydrogen) atoms. The van der Waals surface area contributed by atoms with E-state index >= 15 is 0 Å². The molecule has 0 aromatic carbocycles. The number of fused-ring (bicyclic) bond motifs is 2. The highest BCUT2D eigenvalue weighted by Gasteiger charge is 2.54. The Morgan fingerprint density at radius 2 is 2.05 bits per heavy atom. The van der Waals surface area contributed by atoms with E-state index in [4.69, 9.17) is 20.4 Å². The Labute approximate surface area is 254 Å². The van der Waals surface area contributed by atoms with Gasteiger partial charge in [0.25, 0.3) is 18.1 Å². The molecule has 5 rings (SSSR count). The summed E-state index contributed by atoms with van der Waals surface area (Å²) in [5.41, 5.74) is 5.90. The molecule has 226 valence electrons. The standard InChI is InChI=1S/C24H23N7O9S3/c1-3-39-23(38)13-8-41-14-5-29(9-30(13)14)4-11-6-42-20-16(19(33)31(20)17(11)22(36)37)27-18(32)15(12-7-43-24(25)26-12)28-40-10(2)21(34)35/h5,7-10,16,20H,3-4,6H2,1-2H3,(H4-,25,26,27,32,34,35,36,37)/p+1/b28-15-/t10-,16+,20+/m0/s1. The molecule has 2 aliphatic heterocycles. The van der Waals surface area contributed by atoms with Crippen LogP contribution in [0.4, 0.5) is 5.13 Å². The van der Waals surface area contributed by atoms with Crippen molar-refractivity contribution in [2.75, 3.05) is 18.1 Å². The zero-order chi connectivity index (χ0) is 31.0. The predicted octanol–water partition coefficient (Wildman–Crippen LogP) is 0.136. The molecule has 5 N–H and O–H groups in total. The Hall–Kier alpha value is -4.49. The number of nitrogens with one attached hydrogen (secondary N) is 1. The minimum Gasteiger partial charge on any atom is -0.478 e. The molecule has 2 amide bonds. The lowest BCUT2D eigenvalue weighted by Gasteiger charge is -2.49. The largest absolute Gasteiger partial charge is 0.478 e. The molecule has 1 saturated heterocycles. The quantitative estimate of drug-likeness (QED) is 0.0716. The normalized spacial score (nSPS) is 19.1. The highest BCUT2D eigenvalue weighted by molar-refractivity contribution is 8.00. The topological polar surface area (TPSA) is 219 Å². The van der Waals surface area contributed by atoms with Crippen molar-refractivity contribution in [1.29, 1.82) is 0 Å². The summed E-state index contributed by atoms with van der Waals surface area (Å²) in [6, 6.07) is -1.09. The smallest absolute Gasteiger partial charge is 0.379 e. The Morgan fingerprint density at radius 3 is 2.70 bits per heavy atom. The molecule has 3 aromatic rings. The van der Waals surface area contributed by atoms with Crippen molar-refractivity contribution < 1.29 is 48.3 Å². The highest BCUT2D eigenvalue weighted by atomic mass is 32.2. The molecule has 0 unspecified atom stereocenters. The number of aliphatic carboxylic acids is 2. The molecule has 0 spiro atoms. The van der Waals surface area contributed by atoms with Crippen LogP contribution in [0.5, 0.6) is 0 Å². The number of anilines is 1. The van der Waals surface area contributed by atoms with Gasteiger partial charge in [-0.1, -0.05) is 16.5 Å². The monoisotopic (exact) mass is 650 g/mol. The van der Waals surface area contributed by atoms with Crippen molar-refractivity contribution in [2.45, 2.75) is 37.9 Å². The zero-order valence-electron chi connectivity index (χ0n) is 22.5. The van der Waals surface area contributed by atoms with Gasteiger partial charge in [-0.15, -0.1) is 23.1 Å². The Bertz CT molecular complexity index is 1710. The van der Waals surface area contributed by atoms with Gasteiger partial charge in [0.1, 0.15) is 35.5 Å². The van der Waals surface area contributed by atoms with Gasteiger partial charge in [0.05, 0.1) is 12.0 Å². The lowest BCUT2D eigenvalue weighted by Crippen LogP contribution is -2.71. The van der Waals surface area contributed by atoms with E-state index in [1.165, 1.54) is 35.4 Å². The van der Waals surface area contributed by atoms with Crippen LogP contribution in [0.15, 0.2) is 39.7 Å². The number of carboxylic acid groups (broad SMARTS) is 2. The Balaban J connectivity index is 1.35. The van der Waals surface area contributed by atoms with E-state index in [2.05, 4.69) is 15.5 Å². The SMILES string of the molecule is CCOC(=O)c1csc2c[n+](CC3=C(C(=O)O)N4C(=O)[C@@H](NC(=O)/C(=N\O[C@@H](C)C(=O)O)c5csc(N)n5)[C@H]4SC3)cn12. The number of nitrogen functional groups attached to an aromatic ring is 1. The summed E-state index contributed by atoms with van der Waals surface area (Å²) in [6.07, 6.45) is 2.04. The molecule has 2 aliphatic rings. The molecule has 0 saturated carbocycles. The fourth-order valence-electron chi connectivity index (χ4n) is 4.33. The molecule has 1 fully saturated rings. The number of hydrogen-bond donors (Lipinski definition) is 4. The summed E-state index contributed by atoms with van der Waals surface area (Å²) in [5, 5.41) is 27.8. The fourth-order valence-corrected chi connectivity index (χ4v) is 7.11. The molecular weight excluding hydrogens is 627 g/mol. The molecule has 0 aliphatic carbocycles. The number of hydrogen-bond acceptors (Lipinski definition) is 13. The first kappa shape index (κ1) is 30.0. The predicted molar refractivity (Wildman–Crippen MR) is 152 cm³/mol. The van der Waals surface area contributed by atoms with Crippen LogP contribution in [0.1, 0.15) is 30.0 Å². The number of carbonyl (C=O) groups is 5. The summed E-state index contributed by atoms with van der Waals surface area (Å²) in [5.74, 6) is -4.38. The maximum Gasteiger partial charge on any atom is 0.379 e. The molecule has 16 nitrogen and oxygen atoms in total. The summed E-state index contributed by atoms with van der Waals surface area (Å²) in [4.78, 5) is 72.9. The first-order valence-corrected chi connectivity index (χ1v) is 15.4. The maximum atomic E-state index is 13.2. The summed E-state index contributed by atoms with van der Waals surface area (Å²) >= 11 is 3.61. The van der Waals surface area contributed by atoms with Crippen molar-refractivity contribution in [3.63, 3.8) is 0 Å². The average Bonchev–Trinajstić information content (AvgIpc) is 3.67. The number of thiazole rings is 2. The van der Waals surface area contributed by atoms with Gasteiger partial charge in [-0.05, 0) is 13.8 Å². The average molecular weight is 651 g/mol. The number of nitrogens with two attached hydrogens (primary N) is 1. The number of β-lactam (4-membered cyclic amide) rings is 1. The van der Waals surface area contributed by atoms with Crippen LogP contribution < -0.4 is 15.6 Å². The van der Waals surface area contributed by atoms with Crippen LogP contribution in [-0.2, 0) is 35.3 Å². The molecule has 19 heteroatoms. The van der Waals surface area contributed by atoms with Gasteiger partial charge >= 0.3 is 17.9 Å². The number of nitrogens with zero attached hydrogens (tertiary/aromatic N) is 5. The van der Waals surface area contributed by atoms with Gasteiger partial charge in [-0.2, -0.15) is 4.40 Å². The number of amides is 2. The lowest BCUT2D eigenvalue weighted by atomic mass is 10.0. The number of imidazole rings is 1. The van der Waals surface area contributed by atoms with Gasteiger partial charge in [0.2, 0.25) is 16.6 Å². The van der Waals surface area contributed by atoms with E-state index in [-0.39, 0.29) is 35.4 Å². The van der Waals surface area contributed by atoms with Crippen LogP contribution in [0.2, 0.25) is 0 Å². The van der Waals surface area contributed by atoms with Crippen LogP contribution in [0.25, 0.3) is 4.83 Å². The summed E-state index contributed by atoms with van der Waals surface area (Å²) in [6.45, 7) is 3.29. The van der Waals surface area contributed by atoms with Crippen LogP contribution >= 0.6 is 34.4 Å². The number of thioether (sulfide) groups is 1. The molecule has 5 heterocycles. The fraction of sp³-hybridized carbons (Fsp3) is 0.333. The Kier molecular flexibility index (Phi) is 8.38. The number of oxime groups is 1. The lowest BCUT2D eigenvalue weighted by molar-refractivity contribution is -0.687. The second-order valence-electron chi connectivity index (χ2n) is 9.18. The van der Waals surface area contributed by atoms with Crippen LogP contribution in [0.3, 0.4) is 0 Å². The first-order valence-electron chi connectivity index (χ1n) is 12.5. The zero-order valence-corrected chi connectivity index (χ0v) is 24.9. The first-order chi connectivity index (χ1) is 20.5. The maximum absolute atomic E-state index is 13.2. The number of ether oxygens (including phenoxy) is 1. The van der Waals surface area contributed by atoms with Gasteiger partial charge in [0, 0.05) is 16.7 Å². The summed E-state index contributed by atoms with van der Waals surface area (Å²) < 4.78 is 8.46. The molecule has 3 atom stereocenters. The molecule has 0 bridgehead atoms. The molecular formula is C24H24N7O9S3+. The minimum absolute atomic E-state index is 0.0153. The van der Waals surface area contributed by atoms with Gasteiger partial charge in [-0.3, -0.25) is 14.5 Å².